The Labute approximate surface area is 109 Å². The molecule has 0 saturated carbocycles. The van der Waals surface area contributed by atoms with E-state index in [0.717, 1.165) is 23.1 Å². The molecule has 1 unspecified atom stereocenters. The van der Waals surface area contributed by atoms with E-state index in [1.807, 2.05) is 24.0 Å². The summed E-state index contributed by atoms with van der Waals surface area (Å²) < 4.78 is 2.95. The molecule has 3 rings (SSSR count). The van der Waals surface area contributed by atoms with Crippen molar-refractivity contribution < 1.29 is 0 Å². The molecule has 0 aromatic carbocycles. The van der Waals surface area contributed by atoms with Gasteiger partial charge >= 0.3 is 0 Å². The van der Waals surface area contributed by atoms with Crippen LogP contribution in [0.25, 0.3) is 0 Å². The Morgan fingerprint density at radius 1 is 1.65 bits per heavy atom. The quantitative estimate of drug-likeness (QED) is 0.927. The van der Waals surface area contributed by atoms with Crippen LogP contribution in [0.4, 0.5) is 0 Å². The van der Waals surface area contributed by atoms with Crippen LogP contribution in [-0.2, 0) is 20.0 Å². The molecule has 1 atom stereocenters. The number of halogens is 1. The summed E-state index contributed by atoms with van der Waals surface area (Å²) in [5.74, 6) is 1.07. The van der Waals surface area contributed by atoms with Gasteiger partial charge in [0, 0.05) is 30.4 Å². The predicted octanol–water partition coefficient (Wildman–Crippen LogP) is 2.91. The third kappa shape index (κ3) is 2.12. The first kappa shape index (κ1) is 11.3. The minimum Gasteiger partial charge on any atom is -0.337 e. The number of imidazole rings is 1. The summed E-state index contributed by atoms with van der Waals surface area (Å²) in [7, 11) is 2.02. The summed E-state index contributed by atoms with van der Waals surface area (Å²) >= 11 is 7.75. The summed E-state index contributed by atoms with van der Waals surface area (Å²) in [4.78, 5) is 5.75. The van der Waals surface area contributed by atoms with Gasteiger partial charge in [-0.15, -0.1) is 11.3 Å². The van der Waals surface area contributed by atoms with Gasteiger partial charge in [-0.1, -0.05) is 11.6 Å². The Hall–Kier alpha value is -0.840. The molecule has 3 nitrogen and oxygen atoms in total. The zero-order chi connectivity index (χ0) is 11.8. The third-order valence-electron chi connectivity index (χ3n) is 3.27. The highest BCUT2D eigenvalue weighted by molar-refractivity contribution is 7.16. The van der Waals surface area contributed by atoms with Gasteiger partial charge in [0.1, 0.15) is 5.82 Å². The highest BCUT2D eigenvalue weighted by atomic mass is 35.5. The third-order valence-corrected chi connectivity index (χ3v) is 4.61. The number of nitrogens with zero attached hydrogens (tertiary/aromatic N) is 2. The summed E-state index contributed by atoms with van der Waals surface area (Å²) in [6.07, 6.45) is 6.12. The molecule has 0 spiro atoms. The van der Waals surface area contributed by atoms with Crippen molar-refractivity contribution >= 4 is 22.9 Å². The van der Waals surface area contributed by atoms with Gasteiger partial charge < -0.3 is 9.88 Å². The van der Waals surface area contributed by atoms with E-state index in [2.05, 4.69) is 16.4 Å². The number of hydrogen-bond donors (Lipinski definition) is 1. The van der Waals surface area contributed by atoms with Gasteiger partial charge in [-0.25, -0.2) is 4.98 Å². The Kier molecular flexibility index (Phi) is 2.94. The summed E-state index contributed by atoms with van der Waals surface area (Å²) in [6.45, 7) is 0.807. The van der Waals surface area contributed by atoms with E-state index in [4.69, 9.17) is 11.6 Å². The molecular formula is C12H14ClN3S. The molecule has 0 aliphatic heterocycles. The molecule has 0 saturated heterocycles. The van der Waals surface area contributed by atoms with Crippen LogP contribution in [0.15, 0.2) is 18.5 Å². The SMILES string of the molecule is Cn1ccnc1CNC1CCc2sc(Cl)cc21. The second-order valence-electron chi connectivity index (χ2n) is 4.36. The van der Waals surface area contributed by atoms with Crippen molar-refractivity contribution in [3.05, 3.63) is 39.1 Å². The van der Waals surface area contributed by atoms with Crippen molar-refractivity contribution in [2.75, 3.05) is 0 Å². The fraction of sp³-hybridized carbons (Fsp3) is 0.417. The molecule has 1 N–H and O–H groups in total. The van der Waals surface area contributed by atoms with E-state index in [1.165, 1.54) is 16.9 Å². The normalized spacial score (nSPS) is 18.6. The van der Waals surface area contributed by atoms with Crippen molar-refractivity contribution in [1.29, 1.82) is 0 Å². The largest absolute Gasteiger partial charge is 0.337 e. The van der Waals surface area contributed by atoms with Crippen molar-refractivity contribution in [2.45, 2.75) is 25.4 Å². The Balaban J connectivity index is 1.69. The summed E-state index contributed by atoms with van der Waals surface area (Å²) in [6, 6.07) is 2.54. The fourth-order valence-electron chi connectivity index (χ4n) is 2.32. The standard InChI is InChI=1S/C12H14ClN3S/c1-16-5-4-14-12(16)7-15-9-2-3-10-8(9)6-11(13)17-10/h4-6,9,15H,2-3,7H2,1H3. The minimum absolute atomic E-state index is 0.436. The molecule has 0 fully saturated rings. The van der Waals surface area contributed by atoms with Crippen molar-refractivity contribution in [1.82, 2.24) is 14.9 Å². The van der Waals surface area contributed by atoms with Crippen LogP contribution in [0.1, 0.15) is 28.7 Å². The molecule has 1 aliphatic carbocycles. The number of fused-ring (bicyclic) bond motifs is 1. The molecule has 2 heterocycles. The van der Waals surface area contributed by atoms with Gasteiger partial charge in [-0.05, 0) is 24.5 Å². The minimum atomic E-state index is 0.436. The van der Waals surface area contributed by atoms with Crippen LogP contribution in [0.3, 0.4) is 0 Å². The van der Waals surface area contributed by atoms with E-state index in [-0.39, 0.29) is 0 Å². The van der Waals surface area contributed by atoms with Crippen molar-refractivity contribution in [3.8, 4) is 0 Å². The first-order valence-electron chi connectivity index (χ1n) is 5.71. The number of aryl methyl sites for hydroxylation is 2. The number of nitrogens with one attached hydrogen (secondary N) is 1. The van der Waals surface area contributed by atoms with Crippen LogP contribution in [-0.4, -0.2) is 9.55 Å². The molecule has 0 radical (unpaired) electrons. The van der Waals surface area contributed by atoms with E-state index in [9.17, 15) is 0 Å². The summed E-state index contributed by atoms with van der Waals surface area (Å²) in [5.41, 5.74) is 1.38. The van der Waals surface area contributed by atoms with Crippen LogP contribution < -0.4 is 5.32 Å². The second kappa shape index (κ2) is 4.44. The topological polar surface area (TPSA) is 29.9 Å². The van der Waals surface area contributed by atoms with Crippen LogP contribution in [0, 0.1) is 0 Å². The average Bonchev–Trinajstić information content (AvgIpc) is 2.93. The van der Waals surface area contributed by atoms with E-state index in [1.54, 1.807) is 11.3 Å². The van der Waals surface area contributed by atoms with Gasteiger partial charge in [0.25, 0.3) is 0 Å². The zero-order valence-electron chi connectivity index (χ0n) is 9.61. The molecule has 5 heteroatoms. The van der Waals surface area contributed by atoms with E-state index >= 15 is 0 Å². The first-order valence-corrected chi connectivity index (χ1v) is 6.91. The second-order valence-corrected chi connectivity index (χ2v) is 6.12. The lowest BCUT2D eigenvalue weighted by Crippen LogP contribution is -2.20. The maximum absolute atomic E-state index is 6.04. The van der Waals surface area contributed by atoms with E-state index < -0.39 is 0 Å². The lowest BCUT2D eigenvalue weighted by Gasteiger charge is -2.12. The molecule has 2 aromatic heterocycles. The molecule has 1 aliphatic rings. The maximum atomic E-state index is 6.04. The molecule has 0 amide bonds. The number of thiophene rings is 1. The number of hydrogen-bond acceptors (Lipinski definition) is 3. The molecule has 0 bridgehead atoms. The Bertz CT molecular complexity index is 532. The highest BCUT2D eigenvalue weighted by Crippen LogP contribution is 2.39. The van der Waals surface area contributed by atoms with E-state index in [0.29, 0.717) is 6.04 Å². The number of rotatable bonds is 3. The first-order chi connectivity index (χ1) is 8.24. The van der Waals surface area contributed by atoms with Crippen molar-refractivity contribution in [2.24, 2.45) is 7.05 Å². The molecule has 17 heavy (non-hydrogen) atoms. The van der Waals surface area contributed by atoms with Crippen LogP contribution in [0.5, 0.6) is 0 Å². The summed E-state index contributed by atoms with van der Waals surface area (Å²) in [5, 5.41) is 3.56. The fourth-order valence-corrected chi connectivity index (χ4v) is 3.68. The lowest BCUT2D eigenvalue weighted by molar-refractivity contribution is 0.512. The predicted molar refractivity (Wildman–Crippen MR) is 70.4 cm³/mol. The Morgan fingerprint density at radius 2 is 2.53 bits per heavy atom. The number of aromatic nitrogens is 2. The van der Waals surface area contributed by atoms with Gasteiger partial charge in [0.2, 0.25) is 0 Å². The monoisotopic (exact) mass is 267 g/mol. The average molecular weight is 268 g/mol. The molecule has 90 valence electrons. The van der Waals surface area contributed by atoms with Gasteiger partial charge in [-0.2, -0.15) is 0 Å². The maximum Gasteiger partial charge on any atom is 0.122 e. The van der Waals surface area contributed by atoms with Crippen LogP contribution >= 0.6 is 22.9 Å². The van der Waals surface area contributed by atoms with Gasteiger partial charge in [0.05, 0.1) is 10.9 Å². The van der Waals surface area contributed by atoms with Gasteiger partial charge in [-0.3, -0.25) is 0 Å². The van der Waals surface area contributed by atoms with Crippen molar-refractivity contribution in [3.63, 3.8) is 0 Å². The smallest absolute Gasteiger partial charge is 0.122 e. The van der Waals surface area contributed by atoms with Crippen LogP contribution in [0.2, 0.25) is 4.34 Å². The lowest BCUT2D eigenvalue weighted by atomic mass is 10.2. The highest BCUT2D eigenvalue weighted by Gasteiger charge is 2.24. The molecule has 2 aromatic rings. The zero-order valence-corrected chi connectivity index (χ0v) is 11.2. The molecular weight excluding hydrogens is 254 g/mol. The van der Waals surface area contributed by atoms with Gasteiger partial charge in [0.15, 0.2) is 0 Å². The Morgan fingerprint density at radius 3 is 3.29 bits per heavy atom.